The molecule has 0 aliphatic carbocycles. The van der Waals surface area contributed by atoms with E-state index in [1.165, 1.54) is 0 Å². The largest absolute Gasteiger partial charge is 0.430 e. The third-order valence-electron chi connectivity index (χ3n) is 0.909. The summed E-state index contributed by atoms with van der Waals surface area (Å²) in [7, 11) is -0.565. The fourth-order valence-electron chi connectivity index (χ4n) is 0.385. The van der Waals surface area contributed by atoms with Crippen LogP contribution in [0.1, 0.15) is 0 Å². The van der Waals surface area contributed by atoms with Gasteiger partial charge in [-0.1, -0.05) is 0 Å². The van der Waals surface area contributed by atoms with Gasteiger partial charge in [0, 0.05) is 13.2 Å². The molecule has 10 heavy (non-hydrogen) atoms. The first-order valence-corrected chi connectivity index (χ1v) is 6.29. The maximum absolute atomic E-state index is 10.5. The summed E-state index contributed by atoms with van der Waals surface area (Å²) in [6.07, 6.45) is 0.396. The van der Waals surface area contributed by atoms with E-state index in [1.54, 1.807) is 20.1 Å². The lowest BCUT2D eigenvalue weighted by atomic mass is 11.0. The standard InChI is InChI=1S/C5H14N2O2Si/c1-6-5(8)7-4-10(2,3)9/h9H,4H2,1-3H3,(H2,6,7,8). The van der Waals surface area contributed by atoms with Crippen LogP contribution >= 0.6 is 0 Å². The van der Waals surface area contributed by atoms with Gasteiger partial charge in [-0.3, -0.25) is 0 Å². The molecule has 3 N–H and O–H groups in total. The maximum atomic E-state index is 10.5. The molecule has 0 fully saturated rings. The minimum Gasteiger partial charge on any atom is -0.430 e. The van der Waals surface area contributed by atoms with Gasteiger partial charge in [0.05, 0.1) is 0 Å². The molecular formula is C5H14N2O2Si. The third kappa shape index (κ3) is 5.58. The predicted octanol–water partition coefficient (Wildman–Crippen LogP) is -0.348. The molecule has 0 saturated carbocycles. The Balaban J connectivity index is 3.46. The first kappa shape index (κ1) is 9.45. The van der Waals surface area contributed by atoms with Crippen molar-refractivity contribution >= 4 is 14.3 Å². The summed E-state index contributed by atoms with van der Waals surface area (Å²) in [6, 6.07) is -0.241. The predicted molar refractivity (Wildman–Crippen MR) is 42.2 cm³/mol. The summed E-state index contributed by atoms with van der Waals surface area (Å²) in [5.74, 6) is 0. The average molecular weight is 162 g/mol. The maximum Gasteiger partial charge on any atom is 0.314 e. The molecule has 0 heterocycles. The SMILES string of the molecule is CNC(=O)NC[Si](C)(C)O. The normalized spacial score (nSPS) is 10.8. The van der Waals surface area contributed by atoms with Crippen LogP contribution in [-0.2, 0) is 0 Å². The lowest BCUT2D eigenvalue weighted by Crippen LogP contribution is -2.45. The number of amides is 2. The van der Waals surface area contributed by atoms with Gasteiger partial charge >= 0.3 is 6.03 Å². The second kappa shape index (κ2) is 3.57. The molecule has 4 nitrogen and oxygen atoms in total. The van der Waals surface area contributed by atoms with Gasteiger partial charge in [0.15, 0.2) is 0 Å². The highest BCUT2D eigenvalue weighted by atomic mass is 28.4. The topological polar surface area (TPSA) is 61.4 Å². The monoisotopic (exact) mass is 162 g/mol. The minimum absolute atomic E-state index is 0.241. The fraction of sp³-hybridized carbons (Fsp3) is 0.800. The van der Waals surface area contributed by atoms with Crippen molar-refractivity contribution in [1.82, 2.24) is 10.6 Å². The summed E-state index contributed by atoms with van der Waals surface area (Å²) in [4.78, 5) is 19.8. The van der Waals surface area contributed by atoms with E-state index in [9.17, 15) is 9.59 Å². The van der Waals surface area contributed by atoms with E-state index in [2.05, 4.69) is 10.6 Å². The molecule has 0 unspecified atom stereocenters. The van der Waals surface area contributed by atoms with Crippen molar-refractivity contribution in [1.29, 1.82) is 0 Å². The number of carbonyl (C=O) groups excluding carboxylic acids is 1. The molecule has 0 atom stereocenters. The molecule has 0 spiro atoms. The van der Waals surface area contributed by atoms with Gasteiger partial charge < -0.3 is 15.4 Å². The highest BCUT2D eigenvalue weighted by Gasteiger charge is 2.16. The van der Waals surface area contributed by atoms with E-state index in [0.29, 0.717) is 6.17 Å². The number of nitrogens with one attached hydrogen (secondary N) is 2. The number of urea groups is 1. The van der Waals surface area contributed by atoms with Gasteiger partial charge in [-0.15, -0.1) is 0 Å². The molecule has 0 aromatic rings. The summed E-state index contributed by atoms with van der Waals surface area (Å²) in [5, 5.41) is 4.93. The number of carbonyl (C=O) groups is 1. The van der Waals surface area contributed by atoms with Crippen molar-refractivity contribution < 1.29 is 9.59 Å². The van der Waals surface area contributed by atoms with Crippen molar-refractivity contribution in [3.63, 3.8) is 0 Å². The Morgan fingerprint density at radius 1 is 1.60 bits per heavy atom. The van der Waals surface area contributed by atoms with Gasteiger partial charge in [-0.2, -0.15) is 0 Å². The summed E-state index contributed by atoms with van der Waals surface area (Å²) in [5.41, 5.74) is 0. The third-order valence-corrected chi connectivity index (χ3v) is 1.95. The second-order valence-corrected chi connectivity index (χ2v) is 6.72. The Morgan fingerprint density at radius 2 is 2.10 bits per heavy atom. The highest BCUT2D eigenvalue weighted by molar-refractivity contribution is 6.70. The fourth-order valence-corrected chi connectivity index (χ4v) is 0.978. The van der Waals surface area contributed by atoms with Crippen molar-refractivity contribution in [3.8, 4) is 0 Å². The quantitative estimate of drug-likeness (QED) is 0.486. The van der Waals surface area contributed by atoms with Crippen LogP contribution in [0, 0.1) is 0 Å². The van der Waals surface area contributed by atoms with Crippen molar-refractivity contribution in [2.45, 2.75) is 13.1 Å². The Labute approximate surface area is 61.8 Å². The number of rotatable bonds is 2. The molecule has 0 aromatic carbocycles. The molecule has 2 amide bonds. The molecule has 0 rings (SSSR count). The molecule has 0 aliphatic rings. The van der Waals surface area contributed by atoms with Crippen LogP contribution in [0.5, 0.6) is 0 Å². The molecular weight excluding hydrogens is 148 g/mol. The molecule has 0 radical (unpaired) electrons. The Bertz CT molecular complexity index is 121. The number of hydrogen-bond acceptors (Lipinski definition) is 2. The van der Waals surface area contributed by atoms with Gasteiger partial charge in [-0.25, -0.2) is 4.79 Å². The summed E-state index contributed by atoms with van der Waals surface area (Å²) < 4.78 is 0. The van der Waals surface area contributed by atoms with Crippen LogP contribution in [0.15, 0.2) is 0 Å². The molecule has 0 aromatic heterocycles. The zero-order chi connectivity index (χ0) is 8.20. The molecule has 0 saturated heterocycles. The van der Waals surface area contributed by atoms with E-state index < -0.39 is 8.32 Å². The Hall–Kier alpha value is -0.553. The summed E-state index contributed by atoms with van der Waals surface area (Å²) >= 11 is 0. The van der Waals surface area contributed by atoms with E-state index in [1.807, 2.05) is 0 Å². The zero-order valence-electron chi connectivity index (χ0n) is 6.56. The van der Waals surface area contributed by atoms with E-state index >= 15 is 0 Å². The van der Waals surface area contributed by atoms with Crippen LogP contribution in [0.4, 0.5) is 4.79 Å². The molecule has 0 bridgehead atoms. The minimum atomic E-state index is -2.11. The van der Waals surface area contributed by atoms with Crippen LogP contribution in [0.2, 0.25) is 13.1 Å². The van der Waals surface area contributed by atoms with Gasteiger partial charge in [-0.05, 0) is 13.1 Å². The molecule has 5 heteroatoms. The Morgan fingerprint density at radius 3 is 2.40 bits per heavy atom. The highest BCUT2D eigenvalue weighted by Crippen LogP contribution is 1.90. The van der Waals surface area contributed by atoms with E-state index in [4.69, 9.17) is 0 Å². The number of hydrogen-bond donors (Lipinski definition) is 3. The first-order valence-electron chi connectivity index (χ1n) is 3.13. The summed E-state index contributed by atoms with van der Waals surface area (Å²) in [6.45, 7) is 3.53. The zero-order valence-corrected chi connectivity index (χ0v) is 7.56. The van der Waals surface area contributed by atoms with Crippen molar-refractivity contribution in [2.75, 3.05) is 13.2 Å². The molecule has 60 valence electrons. The van der Waals surface area contributed by atoms with E-state index in [0.717, 1.165) is 0 Å². The average Bonchev–Trinajstić information content (AvgIpc) is 1.81. The van der Waals surface area contributed by atoms with E-state index in [-0.39, 0.29) is 6.03 Å². The van der Waals surface area contributed by atoms with Crippen LogP contribution in [0.3, 0.4) is 0 Å². The van der Waals surface area contributed by atoms with Crippen molar-refractivity contribution in [3.05, 3.63) is 0 Å². The molecule has 0 aliphatic heterocycles. The van der Waals surface area contributed by atoms with Crippen molar-refractivity contribution in [2.24, 2.45) is 0 Å². The first-order chi connectivity index (χ1) is 4.45. The van der Waals surface area contributed by atoms with Crippen LogP contribution in [-0.4, -0.2) is 32.4 Å². The van der Waals surface area contributed by atoms with Gasteiger partial charge in [0.1, 0.15) is 0 Å². The smallest absolute Gasteiger partial charge is 0.314 e. The van der Waals surface area contributed by atoms with Gasteiger partial charge in [0.2, 0.25) is 8.32 Å². The van der Waals surface area contributed by atoms with Gasteiger partial charge in [0.25, 0.3) is 0 Å². The van der Waals surface area contributed by atoms with Crippen LogP contribution < -0.4 is 10.6 Å². The Kier molecular flexibility index (Phi) is 3.38. The lowest BCUT2D eigenvalue weighted by molar-refractivity contribution is 0.244. The van der Waals surface area contributed by atoms with Crippen LogP contribution in [0.25, 0.3) is 0 Å². The second-order valence-electron chi connectivity index (χ2n) is 2.75. The lowest BCUT2D eigenvalue weighted by Gasteiger charge is -2.13.